The van der Waals surface area contributed by atoms with Crippen molar-refractivity contribution in [1.82, 2.24) is 10.2 Å². The summed E-state index contributed by atoms with van der Waals surface area (Å²) in [7, 11) is 0. The molecule has 2 amide bonds. The van der Waals surface area contributed by atoms with Gasteiger partial charge in [0.2, 0.25) is 11.8 Å². The van der Waals surface area contributed by atoms with Crippen LogP contribution in [0.2, 0.25) is 0 Å². The van der Waals surface area contributed by atoms with Gasteiger partial charge in [-0.3, -0.25) is 9.59 Å². The van der Waals surface area contributed by atoms with Crippen molar-refractivity contribution in [3.63, 3.8) is 0 Å². The Hall–Kier alpha value is -3.12. The molecule has 1 N–H and O–H groups in total. The first-order chi connectivity index (χ1) is 17.3. The van der Waals surface area contributed by atoms with E-state index >= 15 is 0 Å². The van der Waals surface area contributed by atoms with Crippen LogP contribution in [0.25, 0.3) is 0 Å². The summed E-state index contributed by atoms with van der Waals surface area (Å²) >= 11 is 3.52. The van der Waals surface area contributed by atoms with Crippen molar-refractivity contribution in [2.75, 3.05) is 6.61 Å². The minimum atomic E-state index is -0.626. The summed E-state index contributed by atoms with van der Waals surface area (Å²) < 4.78 is 6.76. The summed E-state index contributed by atoms with van der Waals surface area (Å²) in [5.74, 6) is 0.577. The van der Waals surface area contributed by atoms with Crippen molar-refractivity contribution in [1.29, 1.82) is 0 Å². The summed E-state index contributed by atoms with van der Waals surface area (Å²) in [5, 5.41) is 3.02. The third kappa shape index (κ3) is 8.83. The number of aryl methyl sites for hydroxylation is 1. The second-order valence-corrected chi connectivity index (χ2v) is 10.2. The number of amides is 2. The fraction of sp³-hybridized carbons (Fsp3) is 0.333. The number of rotatable bonds is 12. The second kappa shape index (κ2) is 13.8. The number of hydrogen-bond acceptors (Lipinski definition) is 3. The van der Waals surface area contributed by atoms with Crippen molar-refractivity contribution in [3.05, 3.63) is 100 Å². The van der Waals surface area contributed by atoms with Gasteiger partial charge in [0, 0.05) is 29.9 Å². The van der Waals surface area contributed by atoms with E-state index in [1.54, 1.807) is 4.90 Å². The van der Waals surface area contributed by atoms with Crippen LogP contribution in [0, 0.1) is 6.92 Å². The summed E-state index contributed by atoms with van der Waals surface area (Å²) in [5.41, 5.74) is 3.14. The van der Waals surface area contributed by atoms with Crippen LogP contribution in [0.15, 0.2) is 83.3 Å². The first-order valence-corrected chi connectivity index (χ1v) is 13.2. The molecule has 0 unspecified atom stereocenters. The van der Waals surface area contributed by atoms with Crippen molar-refractivity contribution >= 4 is 27.7 Å². The average Bonchev–Trinajstić information content (AvgIpc) is 2.85. The molecule has 0 spiro atoms. The van der Waals surface area contributed by atoms with E-state index in [1.165, 1.54) is 5.56 Å². The third-order valence-electron chi connectivity index (χ3n) is 5.77. The van der Waals surface area contributed by atoms with Gasteiger partial charge >= 0.3 is 0 Å². The van der Waals surface area contributed by atoms with E-state index in [9.17, 15) is 9.59 Å². The van der Waals surface area contributed by atoms with E-state index in [-0.39, 0.29) is 17.9 Å². The summed E-state index contributed by atoms with van der Waals surface area (Å²) in [6.45, 7) is 6.67. The Kier molecular flexibility index (Phi) is 10.6. The van der Waals surface area contributed by atoms with Crippen LogP contribution in [0.5, 0.6) is 5.75 Å². The fourth-order valence-corrected chi connectivity index (χ4v) is 4.40. The van der Waals surface area contributed by atoms with Gasteiger partial charge in [-0.05, 0) is 62.6 Å². The van der Waals surface area contributed by atoms with Gasteiger partial charge in [-0.1, -0.05) is 76.1 Å². The monoisotopic (exact) mass is 550 g/mol. The van der Waals surface area contributed by atoms with E-state index in [1.807, 2.05) is 99.6 Å². The molecule has 0 radical (unpaired) electrons. The molecule has 0 saturated carbocycles. The molecule has 3 aromatic carbocycles. The quantitative estimate of drug-likeness (QED) is 0.278. The van der Waals surface area contributed by atoms with Gasteiger partial charge in [-0.2, -0.15) is 0 Å². The molecule has 0 aliphatic heterocycles. The lowest BCUT2D eigenvalue weighted by atomic mass is 10.0. The highest BCUT2D eigenvalue weighted by Gasteiger charge is 2.30. The molecule has 6 heteroatoms. The van der Waals surface area contributed by atoms with Gasteiger partial charge < -0.3 is 15.0 Å². The van der Waals surface area contributed by atoms with E-state index in [0.717, 1.165) is 21.3 Å². The second-order valence-electron chi connectivity index (χ2n) is 9.29. The van der Waals surface area contributed by atoms with Gasteiger partial charge in [-0.25, -0.2) is 0 Å². The van der Waals surface area contributed by atoms with Gasteiger partial charge in [0.25, 0.3) is 0 Å². The molecule has 0 bridgehead atoms. The number of carbonyl (C=O) groups excluding carboxylic acids is 2. The summed E-state index contributed by atoms with van der Waals surface area (Å²) in [4.78, 5) is 28.7. The standard InChI is InChI=1S/C30H35BrN2O3/c1-22(2)32-30(35)28(20-24-9-5-4-6-10-24)33(21-25-11-7-12-26(31)19-25)29(34)13-8-18-36-27-16-14-23(3)15-17-27/h4-7,9-12,14-17,19,22,28H,8,13,18,20-21H2,1-3H3,(H,32,35)/t28-/m0/s1. The molecule has 0 aliphatic carbocycles. The molecule has 3 aromatic rings. The van der Waals surface area contributed by atoms with E-state index in [4.69, 9.17) is 4.74 Å². The third-order valence-corrected chi connectivity index (χ3v) is 6.26. The molecular weight excluding hydrogens is 516 g/mol. The van der Waals surface area contributed by atoms with Gasteiger partial charge in [0.05, 0.1) is 6.61 Å². The molecule has 3 rings (SSSR count). The highest BCUT2D eigenvalue weighted by Crippen LogP contribution is 2.19. The summed E-state index contributed by atoms with van der Waals surface area (Å²) in [6, 6.07) is 24.9. The van der Waals surface area contributed by atoms with Crippen molar-refractivity contribution < 1.29 is 14.3 Å². The van der Waals surface area contributed by atoms with Crippen molar-refractivity contribution in [2.24, 2.45) is 0 Å². The molecular formula is C30H35BrN2O3. The number of nitrogens with one attached hydrogen (secondary N) is 1. The zero-order chi connectivity index (χ0) is 25.9. The Morgan fingerprint density at radius 1 is 0.944 bits per heavy atom. The molecule has 190 valence electrons. The lowest BCUT2D eigenvalue weighted by Crippen LogP contribution is -2.51. The van der Waals surface area contributed by atoms with Crippen LogP contribution in [0.1, 0.15) is 43.4 Å². The van der Waals surface area contributed by atoms with E-state index < -0.39 is 6.04 Å². The maximum Gasteiger partial charge on any atom is 0.243 e. The fourth-order valence-electron chi connectivity index (χ4n) is 3.96. The SMILES string of the molecule is Cc1ccc(OCCCC(=O)N(Cc2cccc(Br)c2)[C@@H](Cc2ccccc2)C(=O)NC(C)C)cc1. The lowest BCUT2D eigenvalue weighted by molar-refractivity contribution is -0.141. The Bertz CT molecular complexity index is 1120. The van der Waals surface area contributed by atoms with Crippen LogP contribution >= 0.6 is 15.9 Å². The van der Waals surface area contributed by atoms with Crippen LogP contribution in [0.4, 0.5) is 0 Å². The number of hydrogen-bond donors (Lipinski definition) is 1. The molecule has 0 aromatic heterocycles. The van der Waals surface area contributed by atoms with Crippen molar-refractivity contribution in [3.8, 4) is 5.75 Å². The first-order valence-electron chi connectivity index (χ1n) is 12.4. The Labute approximate surface area is 223 Å². The lowest BCUT2D eigenvalue weighted by Gasteiger charge is -2.32. The average molecular weight is 552 g/mol. The molecule has 0 heterocycles. The van der Waals surface area contributed by atoms with Gasteiger partial charge in [0.1, 0.15) is 11.8 Å². The molecule has 5 nitrogen and oxygen atoms in total. The number of nitrogens with zero attached hydrogens (tertiary/aromatic N) is 1. The number of halogens is 1. The highest BCUT2D eigenvalue weighted by atomic mass is 79.9. The van der Waals surface area contributed by atoms with Crippen LogP contribution in [-0.4, -0.2) is 35.4 Å². The largest absolute Gasteiger partial charge is 0.494 e. The molecule has 36 heavy (non-hydrogen) atoms. The van der Waals surface area contributed by atoms with Crippen LogP contribution < -0.4 is 10.1 Å². The molecule has 0 fully saturated rings. The van der Waals surface area contributed by atoms with Gasteiger partial charge in [-0.15, -0.1) is 0 Å². The zero-order valence-electron chi connectivity index (χ0n) is 21.2. The number of carbonyl (C=O) groups is 2. The first kappa shape index (κ1) is 27.5. The Morgan fingerprint density at radius 2 is 1.64 bits per heavy atom. The normalized spacial score (nSPS) is 11.7. The van der Waals surface area contributed by atoms with Crippen molar-refractivity contribution in [2.45, 2.75) is 58.7 Å². The Balaban J connectivity index is 1.78. The molecule has 0 saturated heterocycles. The number of ether oxygens (including phenoxy) is 1. The topological polar surface area (TPSA) is 58.6 Å². The Morgan fingerprint density at radius 3 is 2.31 bits per heavy atom. The molecule has 0 aliphatic rings. The smallest absolute Gasteiger partial charge is 0.243 e. The highest BCUT2D eigenvalue weighted by molar-refractivity contribution is 9.10. The van der Waals surface area contributed by atoms with Crippen LogP contribution in [0.3, 0.4) is 0 Å². The minimum absolute atomic E-state index is 0.0264. The minimum Gasteiger partial charge on any atom is -0.494 e. The molecule has 1 atom stereocenters. The maximum absolute atomic E-state index is 13.6. The van der Waals surface area contributed by atoms with Crippen LogP contribution in [-0.2, 0) is 22.6 Å². The van der Waals surface area contributed by atoms with E-state index in [2.05, 4.69) is 21.2 Å². The van der Waals surface area contributed by atoms with E-state index in [0.29, 0.717) is 32.4 Å². The summed E-state index contributed by atoms with van der Waals surface area (Å²) in [6.07, 6.45) is 1.30. The maximum atomic E-state index is 13.6. The number of benzene rings is 3. The predicted molar refractivity (Wildman–Crippen MR) is 148 cm³/mol. The van der Waals surface area contributed by atoms with Gasteiger partial charge in [0.15, 0.2) is 0 Å². The predicted octanol–water partition coefficient (Wildman–Crippen LogP) is 6.08. The zero-order valence-corrected chi connectivity index (χ0v) is 22.8.